The predicted octanol–water partition coefficient (Wildman–Crippen LogP) is 3.23. The largest absolute Gasteiger partial charge is 0.497 e. The number of carbonyl (C=O) groups excluding carboxylic acids is 1. The Balaban J connectivity index is 1.65. The van der Waals surface area contributed by atoms with Gasteiger partial charge in [-0.05, 0) is 37.1 Å². The minimum Gasteiger partial charge on any atom is -0.497 e. The SMILES string of the molecule is COc1ccc(Nc2cc(C)nc(N3CCN(C(=O)CC(C)C)CC3)n2)cc1. The molecule has 0 unspecified atom stereocenters. The number of rotatable bonds is 6. The lowest BCUT2D eigenvalue weighted by molar-refractivity contribution is -0.132. The minimum absolute atomic E-state index is 0.238. The third kappa shape index (κ3) is 5.12. The third-order valence-electron chi connectivity index (χ3n) is 4.70. The molecule has 0 bridgehead atoms. The molecule has 7 nitrogen and oxygen atoms in total. The Kier molecular flexibility index (Phi) is 6.34. The predicted molar refractivity (Wildman–Crippen MR) is 111 cm³/mol. The number of ether oxygens (including phenoxy) is 1. The van der Waals surface area contributed by atoms with Crippen molar-refractivity contribution in [2.24, 2.45) is 5.92 Å². The van der Waals surface area contributed by atoms with Gasteiger partial charge in [-0.1, -0.05) is 13.8 Å². The van der Waals surface area contributed by atoms with Crippen LogP contribution in [0, 0.1) is 12.8 Å². The fourth-order valence-electron chi connectivity index (χ4n) is 3.21. The second-order valence-corrected chi connectivity index (χ2v) is 7.51. The van der Waals surface area contributed by atoms with Crippen molar-refractivity contribution in [1.29, 1.82) is 0 Å². The van der Waals surface area contributed by atoms with Crippen molar-refractivity contribution in [3.63, 3.8) is 0 Å². The summed E-state index contributed by atoms with van der Waals surface area (Å²) in [4.78, 5) is 25.6. The van der Waals surface area contributed by atoms with Gasteiger partial charge in [-0.15, -0.1) is 0 Å². The molecule has 1 aromatic heterocycles. The van der Waals surface area contributed by atoms with E-state index in [1.54, 1.807) is 7.11 Å². The number of methoxy groups -OCH3 is 1. The number of benzene rings is 1. The number of anilines is 3. The molecular weight excluding hydrogens is 354 g/mol. The molecule has 150 valence electrons. The zero-order valence-electron chi connectivity index (χ0n) is 17.1. The second-order valence-electron chi connectivity index (χ2n) is 7.51. The van der Waals surface area contributed by atoms with Crippen molar-refractivity contribution in [2.45, 2.75) is 27.2 Å². The van der Waals surface area contributed by atoms with Gasteiger partial charge in [0.1, 0.15) is 11.6 Å². The summed E-state index contributed by atoms with van der Waals surface area (Å²) in [7, 11) is 1.65. The van der Waals surface area contributed by atoms with Gasteiger partial charge in [-0.2, -0.15) is 4.98 Å². The van der Waals surface area contributed by atoms with Gasteiger partial charge < -0.3 is 19.9 Å². The number of carbonyl (C=O) groups is 1. The van der Waals surface area contributed by atoms with Crippen LogP contribution < -0.4 is 15.0 Å². The van der Waals surface area contributed by atoms with Gasteiger partial charge in [0.05, 0.1) is 7.11 Å². The molecule has 1 aliphatic rings. The van der Waals surface area contributed by atoms with Gasteiger partial charge in [-0.25, -0.2) is 4.98 Å². The zero-order chi connectivity index (χ0) is 20.1. The van der Waals surface area contributed by atoms with E-state index in [-0.39, 0.29) is 5.91 Å². The van der Waals surface area contributed by atoms with Gasteiger partial charge >= 0.3 is 0 Å². The van der Waals surface area contributed by atoms with Gasteiger partial charge in [0, 0.05) is 50.0 Å². The van der Waals surface area contributed by atoms with Crippen molar-refractivity contribution in [2.75, 3.05) is 43.5 Å². The fourth-order valence-corrected chi connectivity index (χ4v) is 3.21. The van der Waals surface area contributed by atoms with E-state index in [0.29, 0.717) is 31.4 Å². The number of hydrogen-bond acceptors (Lipinski definition) is 6. The van der Waals surface area contributed by atoms with E-state index in [9.17, 15) is 4.79 Å². The van der Waals surface area contributed by atoms with E-state index in [1.165, 1.54) is 0 Å². The molecule has 0 atom stereocenters. The number of nitrogens with one attached hydrogen (secondary N) is 1. The van der Waals surface area contributed by atoms with Crippen LogP contribution in [-0.2, 0) is 4.79 Å². The summed E-state index contributed by atoms with van der Waals surface area (Å²) in [5.74, 6) is 2.90. The molecule has 28 heavy (non-hydrogen) atoms. The van der Waals surface area contributed by atoms with Crippen molar-refractivity contribution in [3.05, 3.63) is 36.0 Å². The molecule has 7 heteroatoms. The van der Waals surface area contributed by atoms with Crippen LogP contribution in [0.15, 0.2) is 30.3 Å². The van der Waals surface area contributed by atoms with Crippen molar-refractivity contribution >= 4 is 23.4 Å². The van der Waals surface area contributed by atoms with E-state index in [0.717, 1.165) is 36.0 Å². The normalized spacial score (nSPS) is 14.3. The van der Waals surface area contributed by atoms with Gasteiger partial charge in [-0.3, -0.25) is 4.79 Å². The maximum absolute atomic E-state index is 12.3. The quantitative estimate of drug-likeness (QED) is 0.826. The van der Waals surface area contributed by atoms with E-state index < -0.39 is 0 Å². The Morgan fingerprint density at radius 1 is 1.14 bits per heavy atom. The highest BCUT2D eigenvalue weighted by atomic mass is 16.5. The van der Waals surface area contributed by atoms with Crippen molar-refractivity contribution in [1.82, 2.24) is 14.9 Å². The molecular formula is C21H29N5O2. The number of amides is 1. The molecule has 1 fully saturated rings. The molecule has 1 aliphatic heterocycles. The first-order chi connectivity index (χ1) is 13.4. The van der Waals surface area contributed by atoms with Gasteiger partial charge in [0.15, 0.2) is 0 Å². The van der Waals surface area contributed by atoms with E-state index in [2.05, 4.69) is 34.0 Å². The molecule has 1 saturated heterocycles. The van der Waals surface area contributed by atoms with E-state index >= 15 is 0 Å². The van der Waals surface area contributed by atoms with E-state index in [1.807, 2.05) is 42.2 Å². The van der Waals surface area contributed by atoms with Crippen molar-refractivity contribution in [3.8, 4) is 5.75 Å². The van der Waals surface area contributed by atoms with Crippen LogP contribution in [-0.4, -0.2) is 54.1 Å². The lowest BCUT2D eigenvalue weighted by atomic mass is 10.1. The first-order valence-electron chi connectivity index (χ1n) is 9.74. The molecule has 1 aromatic carbocycles. The molecule has 3 rings (SSSR count). The summed E-state index contributed by atoms with van der Waals surface area (Å²) in [5, 5.41) is 3.33. The maximum atomic E-state index is 12.3. The first-order valence-corrected chi connectivity index (χ1v) is 9.74. The van der Waals surface area contributed by atoms with Crippen LogP contribution in [0.1, 0.15) is 26.0 Å². The molecule has 2 heterocycles. The van der Waals surface area contributed by atoms with Gasteiger partial charge in [0.2, 0.25) is 11.9 Å². The number of piperazine rings is 1. The van der Waals surface area contributed by atoms with Crippen LogP contribution in [0.3, 0.4) is 0 Å². The molecule has 1 amide bonds. The monoisotopic (exact) mass is 383 g/mol. The number of aromatic nitrogens is 2. The van der Waals surface area contributed by atoms with Crippen LogP contribution in [0.25, 0.3) is 0 Å². The molecule has 2 aromatic rings. The Bertz CT molecular complexity index is 799. The van der Waals surface area contributed by atoms with Gasteiger partial charge in [0.25, 0.3) is 0 Å². The summed E-state index contributed by atoms with van der Waals surface area (Å²) in [6.07, 6.45) is 0.608. The van der Waals surface area contributed by atoms with Crippen LogP contribution in [0.5, 0.6) is 5.75 Å². The summed E-state index contributed by atoms with van der Waals surface area (Å²) >= 11 is 0. The average molecular weight is 383 g/mol. The Hall–Kier alpha value is -2.83. The average Bonchev–Trinajstić information content (AvgIpc) is 2.68. The maximum Gasteiger partial charge on any atom is 0.227 e. The Morgan fingerprint density at radius 3 is 2.43 bits per heavy atom. The fraction of sp³-hybridized carbons (Fsp3) is 0.476. The number of aryl methyl sites for hydroxylation is 1. The standard InChI is InChI=1S/C21H29N5O2/c1-15(2)13-20(27)25-9-11-26(12-10-25)21-22-16(3)14-19(24-21)23-17-5-7-18(28-4)8-6-17/h5-8,14-15H,9-13H2,1-4H3,(H,22,23,24). The zero-order valence-corrected chi connectivity index (χ0v) is 17.1. The molecule has 0 radical (unpaired) electrons. The van der Waals surface area contributed by atoms with Crippen molar-refractivity contribution < 1.29 is 9.53 Å². The molecule has 0 saturated carbocycles. The first kappa shape index (κ1) is 19.9. The number of nitrogens with zero attached hydrogens (tertiary/aromatic N) is 4. The van der Waals surface area contributed by atoms with E-state index in [4.69, 9.17) is 4.74 Å². The highest BCUT2D eigenvalue weighted by Crippen LogP contribution is 2.21. The van der Waals surface area contributed by atoms with Crippen LogP contribution in [0.2, 0.25) is 0 Å². The Labute approximate surface area is 166 Å². The minimum atomic E-state index is 0.238. The lowest BCUT2D eigenvalue weighted by Crippen LogP contribution is -2.49. The highest BCUT2D eigenvalue weighted by molar-refractivity contribution is 5.76. The summed E-state index contributed by atoms with van der Waals surface area (Å²) in [6.45, 7) is 9.03. The lowest BCUT2D eigenvalue weighted by Gasteiger charge is -2.35. The summed E-state index contributed by atoms with van der Waals surface area (Å²) in [6, 6.07) is 9.65. The van der Waals surface area contributed by atoms with Crippen LogP contribution in [0.4, 0.5) is 17.5 Å². The second kappa shape index (κ2) is 8.91. The highest BCUT2D eigenvalue weighted by Gasteiger charge is 2.23. The number of hydrogen-bond donors (Lipinski definition) is 1. The smallest absolute Gasteiger partial charge is 0.227 e. The summed E-state index contributed by atoms with van der Waals surface area (Å²) in [5.41, 5.74) is 1.84. The topological polar surface area (TPSA) is 70.6 Å². The molecule has 0 spiro atoms. The molecule has 1 N–H and O–H groups in total. The summed E-state index contributed by atoms with van der Waals surface area (Å²) < 4.78 is 5.20. The van der Waals surface area contributed by atoms with Crippen LogP contribution >= 0.6 is 0 Å². The third-order valence-corrected chi connectivity index (χ3v) is 4.70. The Morgan fingerprint density at radius 2 is 1.82 bits per heavy atom. The molecule has 0 aliphatic carbocycles.